The van der Waals surface area contributed by atoms with Gasteiger partial charge in [0.2, 0.25) is 0 Å². The highest BCUT2D eigenvalue weighted by atomic mass is 16.5. The highest BCUT2D eigenvalue weighted by Crippen LogP contribution is 2.26. The van der Waals surface area contributed by atoms with Crippen LogP contribution >= 0.6 is 0 Å². The third-order valence-corrected chi connectivity index (χ3v) is 1.99. The van der Waals surface area contributed by atoms with E-state index in [1.54, 1.807) is 0 Å². The summed E-state index contributed by atoms with van der Waals surface area (Å²) in [6.45, 7) is 9.50. The molecule has 0 heterocycles. The van der Waals surface area contributed by atoms with Gasteiger partial charge >= 0.3 is 0 Å². The first-order valence-electron chi connectivity index (χ1n) is 5.23. The number of benzene rings is 1. The summed E-state index contributed by atoms with van der Waals surface area (Å²) < 4.78 is 5.58. The Morgan fingerprint density at radius 2 is 1.79 bits per heavy atom. The Labute approximate surface area is 87.1 Å². The van der Waals surface area contributed by atoms with Crippen molar-refractivity contribution in [3.05, 3.63) is 29.8 Å². The van der Waals surface area contributed by atoms with Crippen LogP contribution in [-0.4, -0.2) is 6.61 Å². The average Bonchev–Trinajstić information content (AvgIpc) is 2.06. The smallest absolute Gasteiger partial charge is 0.122 e. The number of hydrogen-bond acceptors (Lipinski definition) is 1. The molecule has 0 bridgehead atoms. The van der Waals surface area contributed by atoms with Crippen molar-refractivity contribution in [3.63, 3.8) is 0 Å². The van der Waals surface area contributed by atoms with Gasteiger partial charge in [-0.05, 0) is 30.4 Å². The van der Waals surface area contributed by atoms with Crippen LogP contribution in [0.1, 0.15) is 33.3 Å². The highest BCUT2D eigenvalue weighted by Gasteiger charge is 2.13. The topological polar surface area (TPSA) is 9.23 Å². The summed E-state index contributed by atoms with van der Waals surface area (Å²) in [6, 6.07) is 8.29. The standard InChI is InChI=1S/C13H20O/c1-5-14-12-9-7-6-8-11(12)10-13(2,3)4/h6-9H,5,10H2,1-4H3. The van der Waals surface area contributed by atoms with Crippen LogP contribution in [0.15, 0.2) is 24.3 Å². The number of hydrogen-bond donors (Lipinski definition) is 0. The van der Waals surface area contributed by atoms with Crippen LogP contribution < -0.4 is 4.74 Å². The summed E-state index contributed by atoms with van der Waals surface area (Å²) >= 11 is 0. The molecule has 0 N–H and O–H groups in total. The quantitative estimate of drug-likeness (QED) is 0.710. The van der Waals surface area contributed by atoms with Gasteiger partial charge < -0.3 is 4.74 Å². The molecule has 0 aliphatic heterocycles. The van der Waals surface area contributed by atoms with Crippen molar-refractivity contribution in [2.24, 2.45) is 5.41 Å². The zero-order chi connectivity index (χ0) is 10.6. The monoisotopic (exact) mass is 192 g/mol. The largest absolute Gasteiger partial charge is 0.494 e. The molecule has 0 fully saturated rings. The van der Waals surface area contributed by atoms with Gasteiger partial charge in [-0.15, -0.1) is 0 Å². The predicted octanol–water partition coefficient (Wildman–Crippen LogP) is 3.67. The van der Waals surface area contributed by atoms with Crippen LogP contribution in [0, 0.1) is 5.41 Å². The number of para-hydroxylation sites is 1. The molecule has 0 aliphatic rings. The minimum Gasteiger partial charge on any atom is -0.494 e. The minimum atomic E-state index is 0.313. The first-order valence-corrected chi connectivity index (χ1v) is 5.23. The van der Waals surface area contributed by atoms with Crippen molar-refractivity contribution in [1.29, 1.82) is 0 Å². The maximum absolute atomic E-state index is 5.58. The van der Waals surface area contributed by atoms with E-state index in [4.69, 9.17) is 4.74 Å². The molecule has 78 valence electrons. The van der Waals surface area contributed by atoms with Crippen LogP contribution in [0.3, 0.4) is 0 Å². The molecule has 0 saturated heterocycles. The molecule has 1 rings (SSSR count). The molecule has 0 unspecified atom stereocenters. The molecule has 0 spiro atoms. The predicted molar refractivity (Wildman–Crippen MR) is 60.8 cm³/mol. The van der Waals surface area contributed by atoms with Crippen LogP contribution in [0.5, 0.6) is 5.75 Å². The lowest BCUT2D eigenvalue weighted by atomic mass is 9.88. The second kappa shape index (κ2) is 4.50. The van der Waals surface area contributed by atoms with Gasteiger partial charge in [0.05, 0.1) is 6.61 Å². The van der Waals surface area contributed by atoms with Crippen LogP contribution in [-0.2, 0) is 6.42 Å². The van der Waals surface area contributed by atoms with Gasteiger partial charge in [0, 0.05) is 0 Å². The van der Waals surface area contributed by atoms with Crippen molar-refractivity contribution in [2.75, 3.05) is 6.61 Å². The lowest BCUT2D eigenvalue weighted by molar-refractivity contribution is 0.327. The molecular weight excluding hydrogens is 172 g/mol. The molecule has 1 aromatic rings. The van der Waals surface area contributed by atoms with Crippen molar-refractivity contribution in [1.82, 2.24) is 0 Å². The van der Waals surface area contributed by atoms with Crippen molar-refractivity contribution >= 4 is 0 Å². The highest BCUT2D eigenvalue weighted by molar-refractivity contribution is 5.33. The molecule has 1 aromatic carbocycles. The Bertz CT molecular complexity index is 284. The Morgan fingerprint density at radius 3 is 2.36 bits per heavy atom. The summed E-state index contributed by atoms with van der Waals surface area (Å²) in [5.74, 6) is 1.03. The lowest BCUT2D eigenvalue weighted by Crippen LogP contribution is -2.10. The maximum atomic E-state index is 5.58. The van der Waals surface area contributed by atoms with Gasteiger partial charge in [0.1, 0.15) is 5.75 Å². The molecule has 0 atom stereocenters. The number of rotatable bonds is 3. The number of ether oxygens (including phenoxy) is 1. The van der Waals surface area contributed by atoms with Crippen LogP contribution in [0.4, 0.5) is 0 Å². The SMILES string of the molecule is CCOc1ccccc1CC(C)(C)C. The third kappa shape index (κ3) is 3.41. The maximum Gasteiger partial charge on any atom is 0.122 e. The van der Waals surface area contributed by atoms with E-state index < -0.39 is 0 Å². The molecule has 1 nitrogen and oxygen atoms in total. The fraction of sp³-hybridized carbons (Fsp3) is 0.538. The summed E-state index contributed by atoms with van der Waals surface area (Å²) in [7, 11) is 0. The van der Waals surface area contributed by atoms with E-state index in [0.717, 1.165) is 18.8 Å². The van der Waals surface area contributed by atoms with Gasteiger partial charge in [0.25, 0.3) is 0 Å². The van der Waals surface area contributed by atoms with Gasteiger partial charge in [-0.2, -0.15) is 0 Å². The molecule has 14 heavy (non-hydrogen) atoms. The van der Waals surface area contributed by atoms with E-state index in [2.05, 4.69) is 32.9 Å². The fourth-order valence-corrected chi connectivity index (χ4v) is 1.52. The molecule has 0 radical (unpaired) electrons. The van der Waals surface area contributed by atoms with Crippen LogP contribution in [0.2, 0.25) is 0 Å². The first-order chi connectivity index (χ1) is 6.53. The molecule has 0 saturated carbocycles. The fourth-order valence-electron chi connectivity index (χ4n) is 1.52. The average molecular weight is 192 g/mol. The van der Waals surface area contributed by atoms with Gasteiger partial charge in [-0.1, -0.05) is 39.0 Å². The first kappa shape index (κ1) is 11.1. The summed E-state index contributed by atoms with van der Waals surface area (Å²) in [6.07, 6.45) is 1.06. The Kier molecular flexibility index (Phi) is 3.56. The van der Waals surface area contributed by atoms with Crippen molar-refractivity contribution in [2.45, 2.75) is 34.1 Å². The minimum absolute atomic E-state index is 0.313. The lowest BCUT2D eigenvalue weighted by Gasteiger charge is -2.20. The van der Waals surface area contributed by atoms with Crippen molar-refractivity contribution in [3.8, 4) is 5.75 Å². The van der Waals surface area contributed by atoms with E-state index in [1.807, 2.05) is 19.1 Å². The summed E-state index contributed by atoms with van der Waals surface area (Å²) in [4.78, 5) is 0. The Balaban J connectivity index is 2.84. The van der Waals surface area contributed by atoms with Crippen LogP contribution in [0.25, 0.3) is 0 Å². The van der Waals surface area contributed by atoms with E-state index >= 15 is 0 Å². The van der Waals surface area contributed by atoms with E-state index in [0.29, 0.717) is 5.41 Å². The summed E-state index contributed by atoms with van der Waals surface area (Å²) in [5, 5.41) is 0. The normalized spacial score (nSPS) is 11.4. The summed E-state index contributed by atoms with van der Waals surface area (Å²) in [5.41, 5.74) is 1.62. The molecule has 0 amide bonds. The second-order valence-corrected chi connectivity index (χ2v) is 4.78. The zero-order valence-corrected chi connectivity index (χ0v) is 9.63. The molecule has 1 heteroatoms. The second-order valence-electron chi connectivity index (χ2n) is 4.78. The third-order valence-electron chi connectivity index (χ3n) is 1.99. The molecular formula is C13H20O. The molecule has 0 aliphatic carbocycles. The van der Waals surface area contributed by atoms with Gasteiger partial charge in [0.15, 0.2) is 0 Å². The Hall–Kier alpha value is -0.980. The van der Waals surface area contributed by atoms with E-state index in [-0.39, 0.29) is 0 Å². The van der Waals surface area contributed by atoms with E-state index in [1.165, 1.54) is 5.56 Å². The van der Waals surface area contributed by atoms with Gasteiger partial charge in [-0.3, -0.25) is 0 Å². The van der Waals surface area contributed by atoms with Gasteiger partial charge in [-0.25, -0.2) is 0 Å². The molecule has 0 aromatic heterocycles. The zero-order valence-electron chi connectivity index (χ0n) is 9.63. The van der Waals surface area contributed by atoms with E-state index in [9.17, 15) is 0 Å². The Morgan fingerprint density at radius 1 is 1.14 bits per heavy atom. The van der Waals surface area contributed by atoms with Crippen molar-refractivity contribution < 1.29 is 4.74 Å².